The van der Waals surface area contributed by atoms with E-state index in [2.05, 4.69) is 14.9 Å². The van der Waals surface area contributed by atoms with Gasteiger partial charge < -0.3 is 14.4 Å². The first-order valence-corrected chi connectivity index (χ1v) is 8.10. The summed E-state index contributed by atoms with van der Waals surface area (Å²) in [5, 5.41) is 0. The molecule has 6 nitrogen and oxygen atoms in total. The van der Waals surface area contributed by atoms with Crippen LogP contribution >= 0.6 is 0 Å². The number of anilines is 1. The van der Waals surface area contributed by atoms with E-state index in [0.29, 0.717) is 30.4 Å². The van der Waals surface area contributed by atoms with Crippen LogP contribution in [0.15, 0.2) is 36.5 Å². The van der Waals surface area contributed by atoms with Crippen LogP contribution < -0.4 is 4.90 Å². The largest absolute Gasteiger partial charge is 0.462 e. The highest BCUT2D eigenvalue weighted by molar-refractivity contribution is 5.95. The van der Waals surface area contributed by atoms with E-state index in [-0.39, 0.29) is 6.10 Å². The molecule has 0 N–H and O–H groups in total. The zero-order valence-corrected chi connectivity index (χ0v) is 13.9. The first-order chi connectivity index (χ1) is 11.7. The van der Waals surface area contributed by atoms with Gasteiger partial charge in [0.25, 0.3) is 0 Å². The number of carbonyl (C=O) groups excluding carboxylic acids is 1. The Hall–Kier alpha value is -2.47. The molecule has 2 aromatic rings. The van der Waals surface area contributed by atoms with Crippen LogP contribution in [-0.4, -0.2) is 48.8 Å². The number of carbonyl (C=O) groups is 1. The Morgan fingerprint density at radius 1 is 1.33 bits per heavy atom. The summed E-state index contributed by atoms with van der Waals surface area (Å²) in [6, 6.07) is 9.72. The Morgan fingerprint density at radius 2 is 2.12 bits per heavy atom. The van der Waals surface area contributed by atoms with Gasteiger partial charge in [-0.05, 0) is 13.3 Å². The molecule has 3 rings (SSSR count). The van der Waals surface area contributed by atoms with Crippen LogP contribution in [0.5, 0.6) is 0 Å². The van der Waals surface area contributed by atoms with Crippen LogP contribution in [0.25, 0.3) is 11.4 Å². The van der Waals surface area contributed by atoms with Crippen molar-refractivity contribution < 1.29 is 14.3 Å². The van der Waals surface area contributed by atoms with Gasteiger partial charge in [-0.1, -0.05) is 30.3 Å². The lowest BCUT2D eigenvalue weighted by Gasteiger charge is -2.20. The fourth-order valence-electron chi connectivity index (χ4n) is 2.81. The number of nitrogens with zero attached hydrogens (tertiary/aromatic N) is 3. The molecule has 126 valence electrons. The number of hydrogen-bond donors (Lipinski definition) is 0. The number of benzene rings is 1. The minimum Gasteiger partial charge on any atom is -0.462 e. The summed E-state index contributed by atoms with van der Waals surface area (Å²) in [5.41, 5.74) is 1.31. The SMILES string of the molecule is CCOC(=O)c1cnc(-c2ccccc2)nc1N1CCC(OC)C1. The molecule has 1 fully saturated rings. The number of methoxy groups -OCH3 is 1. The maximum absolute atomic E-state index is 12.3. The van der Waals surface area contributed by atoms with Crippen LogP contribution in [0.4, 0.5) is 5.82 Å². The average Bonchev–Trinajstić information content (AvgIpc) is 3.11. The Balaban J connectivity index is 1.99. The van der Waals surface area contributed by atoms with Crippen molar-refractivity contribution in [1.29, 1.82) is 0 Å². The monoisotopic (exact) mass is 327 g/mol. The molecule has 0 saturated carbocycles. The maximum Gasteiger partial charge on any atom is 0.343 e. The van der Waals surface area contributed by atoms with Crippen molar-refractivity contribution >= 4 is 11.8 Å². The lowest BCUT2D eigenvalue weighted by Crippen LogP contribution is -2.26. The Labute approximate surface area is 141 Å². The van der Waals surface area contributed by atoms with Gasteiger partial charge >= 0.3 is 5.97 Å². The van der Waals surface area contributed by atoms with Crippen LogP contribution in [0.3, 0.4) is 0 Å². The molecule has 1 unspecified atom stereocenters. The van der Waals surface area contributed by atoms with E-state index in [9.17, 15) is 4.79 Å². The number of esters is 1. The molecule has 0 spiro atoms. The second-order valence-electron chi connectivity index (χ2n) is 5.61. The van der Waals surface area contributed by atoms with Gasteiger partial charge in [-0.2, -0.15) is 0 Å². The minimum absolute atomic E-state index is 0.148. The highest BCUT2D eigenvalue weighted by Gasteiger charge is 2.28. The summed E-state index contributed by atoms with van der Waals surface area (Å²) in [4.78, 5) is 23.3. The van der Waals surface area contributed by atoms with Gasteiger partial charge in [0, 0.05) is 32.0 Å². The summed E-state index contributed by atoms with van der Waals surface area (Å²) in [7, 11) is 1.70. The molecule has 0 radical (unpaired) electrons. The number of rotatable bonds is 5. The third kappa shape index (κ3) is 3.38. The van der Waals surface area contributed by atoms with E-state index < -0.39 is 5.97 Å². The normalized spacial score (nSPS) is 17.1. The second-order valence-corrected chi connectivity index (χ2v) is 5.61. The summed E-state index contributed by atoms with van der Waals surface area (Å²) in [6.45, 7) is 3.59. The van der Waals surface area contributed by atoms with Gasteiger partial charge in [-0.3, -0.25) is 0 Å². The first kappa shape index (κ1) is 16.4. The molecular formula is C18H21N3O3. The first-order valence-electron chi connectivity index (χ1n) is 8.10. The van der Waals surface area contributed by atoms with E-state index in [1.807, 2.05) is 30.3 Å². The predicted octanol–water partition coefficient (Wildman–Crippen LogP) is 2.55. The number of aromatic nitrogens is 2. The van der Waals surface area contributed by atoms with Gasteiger partial charge in [0.05, 0.1) is 12.7 Å². The van der Waals surface area contributed by atoms with Gasteiger partial charge in [0.2, 0.25) is 0 Å². The highest BCUT2D eigenvalue weighted by atomic mass is 16.5. The van der Waals surface area contributed by atoms with Crippen molar-refractivity contribution in [2.75, 3.05) is 31.7 Å². The smallest absolute Gasteiger partial charge is 0.343 e. The van der Waals surface area contributed by atoms with E-state index in [1.165, 1.54) is 0 Å². The van der Waals surface area contributed by atoms with Crippen LogP contribution in [0.2, 0.25) is 0 Å². The van der Waals surface area contributed by atoms with Gasteiger partial charge in [0.15, 0.2) is 5.82 Å². The summed E-state index contributed by atoms with van der Waals surface area (Å²) in [5.74, 6) is 0.814. The molecule has 1 aromatic carbocycles. The molecule has 1 saturated heterocycles. The Morgan fingerprint density at radius 3 is 2.79 bits per heavy atom. The van der Waals surface area contributed by atoms with Gasteiger partial charge in [-0.15, -0.1) is 0 Å². The van der Waals surface area contributed by atoms with Gasteiger partial charge in [0.1, 0.15) is 11.4 Å². The number of ether oxygens (including phenoxy) is 2. The molecule has 1 aliphatic heterocycles. The highest BCUT2D eigenvalue weighted by Crippen LogP contribution is 2.26. The molecule has 2 heterocycles. The lowest BCUT2D eigenvalue weighted by molar-refractivity contribution is 0.0526. The number of hydrogen-bond acceptors (Lipinski definition) is 6. The van der Waals surface area contributed by atoms with E-state index >= 15 is 0 Å². The maximum atomic E-state index is 12.3. The molecular weight excluding hydrogens is 306 g/mol. The second kappa shape index (κ2) is 7.40. The molecule has 24 heavy (non-hydrogen) atoms. The molecule has 1 aliphatic rings. The van der Waals surface area contributed by atoms with E-state index in [1.54, 1.807) is 20.2 Å². The minimum atomic E-state index is -0.395. The zero-order chi connectivity index (χ0) is 16.9. The standard InChI is InChI=1S/C18H21N3O3/c1-3-24-18(22)15-11-19-16(13-7-5-4-6-8-13)20-17(15)21-10-9-14(12-21)23-2/h4-8,11,14H,3,9-10,12H2,1-2H3. The van der Waals surface area contributed by atoms with Crippen molar-refractivity contribution in [3.05, 3.63) is 42.1 Å². The zero-order valence-electron chi connectivity index (χ0n) is 13.9. The lowest BCUT2D eigenvalue weighted by atomic mass is 10.2. The fraction of sp³-hybridized carbons (Fsp3) is 0.389. The topological polar surface area (TPSA) is 64.5 Å². The third-order valence-corrected chi connectivity index (χ3v) is 4.07. The van der Waals surface area contributed by atoms with Crippen molar-refractivity contribution in [3.8, 4) is 11.4 Å². The van der Waals surface area contributed by atoms with Crippen LogP contribution in [0, 0.1) is 0 Å². The molecule has 1 atom stereocenters. The van der Waals surface area contributed by atoms with Crippen molar-refractivity contribution in [2.24, 2.45) is 0 Å². The van der Waals surface area contributed by atoms with Crippen molar-refractivity contribution in [2.45, 2.75) is 19.4 Å². The Bertz CT molecular complexity index is 706. The van der Waals surface area contributed by atoms with Gasteiger partial charge in [-0.25, -0.2) is 14.8 Å². The van der Waals surface area contributed by atoms with Crippen molar-refractivity contribution in [3.63, 3.8) is 0 Å². The summed E-state index contributed by atoms with van der Waals surface area (Å²) >= 11 is 0. The van der Waals surface area contributed by atoms with Crippen LogP contribution in [0.1, 0.15) is 23.7 Å². The average molecular weight is 327 g/mol. The van der Waals surface area contributed by atoms with E-state index in [4.69, 9.17) is 9.47 Å². The van der Waals surface area contributed by atoms with Crippen molar-refractivity contribution in [1.82, 2.24) is 9.97 Å². The predicted molar refractivity (Wildman–Crippen MR) is 91.1 cm³/mol. The Kier molecular flexibility index (Phi) is 5.05. The fourth-order valence-corrected chi connectivity index (χ4v) is 2.81. The summed E-state index contributed by atoms with van der Waals surface area (Å²) in [6.07, 6.45) is 2.61. The molecule has 1 aromatic heterocycles. The molecule has 0 amide bonds. The quantitative estimate of drug-likeness (QED) is 0.786. The molecule has 6 heteroatoms. The third-order valence-electron chi connectivity index (χ3n) is 4.07. The van der Waals surface area contributed by atoms with Crippen LogP contribution in [-0.2, 0) is 9.47 Å². The summed E-state index contributed by atoms with van der Waals surface area (Å²) < 4.78 is 10.6. The molecule has 0 bridgehead atoms. The molecule has 0 aliphatic carbocycles. The van der Waals surface area contributed by atoms with E-state index in [0.717, 1.165) is 18.5 Å².